The summed E-state index contributed by atoms with van der Waals surface area (Å²) in [5.41, 5.74) is 0.574. The zero-order chi connectivity index (χ0) is 16.8. The van der Waals surface area contributed by atoms with Gasteiger partial charge in [-0.3, -0.25) is 19.8 Å². The molecule has 0 atom stereocenters. The van der Waals surface area contributed by atoms with Crippen LogP contribution in [0, 0.1) is 10.1 Å². The number of hydrogen-bond donors (Lipinski definition) is 1. The van der Waals surface area contributed by atoms with Gasteiger partial charge in [-0.1, -0.05) is 17.7 Å². The molecule has 0 unspecified atom stereocenters. The van der Waals surface area contributed by atoms with Gasteiger partial charge in [-0.25, -0.2) is 0 Å². The van der Waals surface area contributed by atoms with Crippen molar-refractivity contribution in [3.05, 3.63) is 46.0 Å². The van der Waals surface area contributed by atoms with E-state index < -0.39 is 4.92 Å². The van der Waals surface area contributed by atoms with E-state index in [1.807, 2.05) is 9.80 Å². The fourth-order valence-corrected chi connectivity index (χ4v) is 2.67. The van der Waals surface area contributed by atoms with Crippen LogP contribution in [0.1, 0.15) is 0 Å². The van der Waals surface area contributed by atoms with Crippen LogP contribution in [-0.2, 0) is 4.79 Å². The van der Waals surface area contributed by atoms with E-state index in [2.05, 4.69) is 11.9 Å². The Balaban J connectivity index is 1.96. The maximum absolute atomic E-state index is 11.7. The highest BCUT2D eigenvalue weighted by atomic mass is 35.5. The molecule has 1 aromatic rings. The Labute approximate surface area is 139 Å². The van der Waals surface area contributed by atoms with Gasteiger partial charge in [0.1, 0.15) is 5.69 Å². The number of amides is 1. The van der Waals surface area contributed by atoms with Crippen LogP contribution in [0.5, 0.6) is 0 Å². The van der Waals surface area contributed by atoms with Gasteiger partial charge in [-0.15, -0.1) is 6.58 Å². The molecule has 7 nitrogen and oxygen atoms in total. The van der Waals surface area contributed by atoms with Crippen LogP contribution in [0.3, 0.4) is 0 Å². The highest BCUT2D eigenvalue weighted by Crippen LogP contribution is 2.31. The summed E-state index contributed by atoms with van der Waals surface area (Å²) < 4.78 is 0. The van der Waals surface area contributed by atoms with Crippen LogP contribution in [0.2, 0.25) is 5.02 Å². The predicted octanol–water partition coefficient (Wildman–Crippen LogP) is 1.67. The zero-order valence-electron chi connectivity index (χ0n) is 12.7. The maximum Gasteiger partial charge on any atom is 0.294 e. The summed E-state index contributed by atoms with van der Waals surface area (Å²) in [4.78, 5) is 26.4. The first-order valence-electron chi connectivity index (χ1n) is 7.30. The number of benzene rings is 1. The van der Waals surface area contributed by atoms with Crippen molar-refractivity contribution in [1.29, 1.82) is 0 Å². The van der Waals surface area contributed by atoms with E-state index in [1.54, 1.807) is 18.2 Å². The van der Waals surface area contributed by atoms with Crippen LogP contribution < -0.4 is 10.2 Å². The molecule has 0 aliphatic carbocycles. The SMILES string of the molecule is C=CCNC(=O)CN1CCN(c2ccc(Cl)cc2[N+](=O)[O-])CC1. The lowest BCUT2D eigenvalue weighted by molar-refractivity contribution is -0.384. The number of halogens is 1. The second kappa shape index (κ2) is 7.94. The minimum absolute atomic E-state index is 0.00896. The van der Waals surface area contributed by atoms with Gasteiger partial charge in [0.15, 0.2) is 0 Å². The molecular weight excluding hydrogens is 320 g/mol. The number of piperazine rings is 1. The van der Waals surface area contributed by atoms with Crippen molar-refractivity contribution in [2.75, 3.05) is 44.2 Å². The van der Waals surface area contributed by atoms with E-state index in [1.165, 1.54) is 6.07 Å². The number of nitro groups is 1. The molecule has 8 heteroatoms. The number of rotatable bonds is 6. The van der Waals surface area contributed by atoms with Gasteiger partial charge >= 0.3 is 0 Å². The molecule has 124 valence electrons. The molecule has 23 heavy (non-hydrogen) atoms. The van der Waals surface area contributed by atoms with Crippen molar-refractivity contribution < 1.29 is 9.72 Å². The Morgan fingerprint density at radius 2 is 2.09 bits per heavy atom. The summed E-state index contributed by atoms with van der Waals surface area (Å²) in [5, 5.41) is 14.3. The molecule has 0 spiro atoms. The molecule has 1 N–H and O–H groups in total. The molecule has 1 saturated heterocycles. The van der Waals surface area contributed by atoms with Crippen molar-refractivity contribution in [2.45, 2.75) is 0 Å². The first kappa shape index (κ1) is 17.2. The molecule has 0 radical (unpaired) electrons. The molecular formula is C15H19ClN4O3. The molecule has 1 amide bonds. The summed E-state index contributed by atoms with van der Waals surface area (Å²) in [6.07, 6.45) is 1.63. The van der Waals surface area contributed by atoms with Gasteiger partial charge in [0.2, 0.25) is 5.91 Å². The van der Waals surface area contributed by atoms with E-state index in [9.17, 15) is 14.9 Å². The van der Waals surface area contributed by atoms with E-state index >= 15 is 0 Å². The summed E-state index contributed by atoms with van der Waals surface area (Å²) in [5.74, 6) is -0.0455. The quantitative estimate of drug-likeness (QED) is 0.485. The summed E-state index contributed by atoms with van der Waals surface area (Å²) in [7, 11) is 0. The molecule has 2 rings (SSSR count). The van der Waals surface area contributed by atoms with Crippen molar-refractivity contribution in [2.24, 2.45) is 0 Å². The van der Waals surface area contributed by atoms with E-state index in [4.69, 9.17) is 11.6 Å². The molecule has 1 aliphatic rings. The molecule has 1 aliphatic heterocycles. The third kappa shape index (κ3) is 4.67. The molecule has 0 aromatic heterocycles. The van der Waals surface area contributed by atoms with Gasteiger partial charge in [0.05, 0.1) is 11.5 Å². The number of carbonyl (C=O) groups is 1. The number of nitrogens with zero attached hydrogens (tertiary/aromatic N) is 3. The fourth-order valence-electron chi connectivity index (χ4n) is 2.50. The lowest BCUT2D eigenvalue weighted by atomic mass is 10.2. The highest BCUT2D eigenvalue weighted by Gasteiger charge is 2.24. The van der Waals surface area contributed by atoms with Crippen LogP contribution >= 0.6 is 11.6 Å². The van der Waals surface area contributed by atoms with E-state index in [0.29, 0.717) is 50.0 Å². The number of hydrogen-bond acceptors (Lipinski definition) is 5. The Hall–Kier alpha value is -2.12. The topological polar surface area (TPSA) is 78.7 Å². The fraction of sp³-hybridized carbons (Fsp3) is 0.400. The number of anilines is 1. The van der Waals surface area contributed by atoms with Gasteiger partial charge < -0.3 is 10.2 Å². The molecule has 1 aromatic carbocycles. The minimum atomic E-state index is -0.420. The number of nitro benzene ring substituents is 1. The third-order valence-corrected chi connectivity index (χ3v) is 3.89. The number of nitrogens with one attached hydrogen (secondary N) is 1. The second-order valence-electron chi connectivity index (χ2n) is 5.25. The Morgan fingerprint density at radius 1 is 1.39 bits per heavy atom. The van der Waals surface area contributed by atoms with Crippen molar-refractivity contribution in [3.63, 3.8) is 0 Å². The lowest BCUT2D eigenvalue weighted by Gasteiger charge is -2.35. The molecule has 1 heterocycles. The van der Waals surface area contributed by atoms with Crippen molar-refractivity contribution >= 4 is 28.9 Å². The average Bonchev–Trinajstić information content (AvgIpc) is 2.53. The van der Waals surface area contributed by atoms with Crippen LogP contribution in [0.25, 0.3) is 0 Å². The van der Waals surface area contributed by atoms with Crippen LogP contribution in [0.4, 0.5) is 11.4 Å². The van der Waals surface area contributed by atoms with Gasteiger partial charge in [0, 0.05) is 43.8 Å². The van der Waals surface area contributed by atoms with Gasteiger partial charge in [-0.05, 0) is 12.1 Å². The minimum Gasteiger partial charge on any atom is -0.363 e. The average molecular weight is 339 g/mol. The van der Waals surface area contributed by atoms with Crippen LogP contribution in [-0.4, -0.2) is 55.0 Å². The van der Waals surface area contributed by atoms with Crippen molar-refractivity contribution in [1.82, 2.24) is 10.2 Å². The smallest absolute Gasteiger partial charge is 0.294 e. The Kier molecular flexibility index (Phi) is 5.95. The highest BCUT2D eigenvalue weighted by molar-refractivity contribution is 6.30. The Morgan fingerprint density at radius 3 is 2.70 bits per heavy atom. The normalized spacial score (nSPS) is 15.3. The molecule has 1 fully saturated rings. The predicted molar refractivity (Wildman–Crippen MR) is 90.0 cm³/mol. The lowest BCUT2D eigenvalue weighted by Crippen LogP contribution is -2.49. The second-order valence-corrected chi connectivity index (χ2v) is 5.68. The van der Waals surface area contributed by atoms with E-state index in [0.717, 1.165) is 0 Å². The Bertz CT molecular complexity index is 600. The zero-order valence-corrected chi connectivity index (χ0v) is 13.5. The van der Waals surface area contributed by atoms with Gasteiger partial charge in [-0.2, -0.15) is 0 Å². The molecule has 0 saturated carbocycles. The largest absolute Gasteiger partial charge is 0.363 e. The van der Waals surface area contributed by atoms with Gasteiger partial charge in [0.25, 0.3) is 5.69 Å². The number of carbonyl (C=O) groups excluding carboxylic acids is 1. The van der Waals surface area contributed by atoms with Crippen LogP contribution in [0.15, 0.2) is 30.9 Å². The van der Waals surface area contributed by atoms with Crippen molar-refractivity contribution in [3.8, 4) is 0 Å². The standard InChI is InChI=1S/C15H19ClN4O3/c1-2-5-17-15(21)11-18-6-8-19(9-7-18)13-4-3-12(16)10-14(13)20(22)23/h2-4,10H,1,5-9,11H2,(H,17,21). The summed E-state index contributed by atoms with van der Waals surface area (Å²) >= 11 is 5.84. The summed E-state index contributed by atoms with van der Waals surface area (Å²) in [6.45, 7) is 6.91. The van der Waals surface area contributed by atoms with E-state index in [-0.39, 0.29) is 11.6 Å². The third-order valence-electron chi connectivity index (χ3n) is 3.66. The summed E-state index contributed by atoms with van der Waals surface area (Å²) in [6, 6.07) is 4.69. The monoisotopic (exact) mass is 338 g/mol. The maximum atomic E-state index is 11.7. The first-order valence-corrected chi connectivity index (χ1v) is 7.68. The molecule has 0 bridgehead atoms. The first-order chi connectivity index (χ1) is 11.0.